The highest BCUT2D eigenvalue weighted by Crippen LogP contribution is 2.38. The highest BCUT2D eigenvalue weighted by atomic mass is 35.5. The molecule has 1 fully saturated rings. The van der Waals surface area contributed by atoms with Crippen LogP contribution in [-0.4, -0.2) is 39.9 Å². The molecule has 7 heteroatoms. The number of carbonyl (C=O) groups is 2. The van der Waals surface area contributed by atoms with E-state index in [9.17, 15) is 19.8 Å². The number of phenols is 1. The topological polar surface area (TPSA) is 88.8 Å². The van der Waals surface area contributed by atoms with Gasteiger partial charge in [-0.1, -0.05) is 11.6 Å². The second-order valence-electron chi connectivity index (χ2n) is 5.99. The van der Waals surface area contributed by atoms with Crippen LogP contribution in [0.3, 0.4) is 0 Å². The van der Waals surface area contributed by atoms with E-state index in [4.69, 9.17) is 16.3 Å². The van der Waals surface area contributed by atoms with Crippen molar-refractivity contribution in [1.82, 2.24) is 4.57 Å². The Morgan fingerprint density at radius 2 is 2.00 bits per heavy atom. The SMILES string of the molecule is Cc1c(CC(=O)O)c2c(Cl)c(O)ccc2n1C(=O)C1CCOCC1. The van der Waals surface area contributed by atoms with Gasteiger partial charge in [0.2, 0.25) is 5.91 Å². The Morgan fingerprint density at radius 3 is 2.62 bits per heavy atom. The number of phenolic OH excluding ortho intramolecular Hbond substituents is 1. The molecule has 0 amide bonds. The minimum Gasteiger partial charge on any atom is -0.506 e. The van der Waals surface area contributed by atoms with E-state index in [1.165, 1.54) is 10.6 Å². The van der Waals surface area contributed by atoms with E-state index in [-0.39, 0.29) is 29.0 Å². The Hall–Kier alpha value is -2.05. The summed E-state index contributed by atoms with van der Waals surface area (Å²) in [7, 11) is 0. The lowest BCUT2D eigenvalue weighted by atomic mass is 9.99. The van der Waals surface area contributed by atoms with Crippen LogP contribution in [0.25, 0.3) is 10.9 Å². The maximum absolute atomic E-state index is 13.0. The number of rotatable bonds is 3. The molecule has 0 spiro atoms. The third-order valence-corrected chi connectivity index (χ3v) is 4.92. The maximum atomic E-state index is 13.0. The number of carboxylic acid groups (broad SMARTS) is 1. The molecule has 1 aromatic heterocycles. The summed E-state index contributed by atoms with van der Waals surface area (Å²) >= 11 is 6.20. The first-order valence-electron chi connectivity index (χ1n) is 7.77. The molecule has 0 bridgehead atoms. The molecule has 2 heterocycles. The van der Waals surface area contributed by atoms with Crippen molar-refractivity contribution < 1.29 is 24.5 Å². The summed E-state index contributed by atoms with van der Waals surface area (Å²) in [6.07, 6.45) is 1.01. The van der Waals surface area contributed by atoms with E-state index >= 15 is 0 Å². The molecule has 0 saturated carbocycles. The van der Waals surface area contributed by atoms with E-state index in [1.54, 1.807) is 13.0 Å². The standard InChI is InChI=1S/C17H18ClNO5/c1-9-11(8-14(21)22)15-12(2-3-13(20)16(15)18)19(9)17(23)10-4-6-24-7-5-10/h2-3,10,20H,4-8H2,1H3,(H,21,22). The van der Waals surface area contributed by atoms with Crippen LogP contribution >= 0.6 is 11.6 Å². The summed E-state index contributed by atoms with van der Waals surface area (Å²) in [5, 5.41) is 19.6. The monoisotopic (exact) mass is 351 g/mol. The predicted octanol–water partition coefficient (Wildman–Crippen LogP) is 3.00. The fourth-order valence-electron chi connectivity index (χ4n) is 3.30. The summed E-state index contributed by atoms with van der Waals surface area (Å²) in [4.78, 5) is 24.2. The summed E-state index contributed by atoms with van der Waals surface area (Å²) in [5.74, 6) is -1.40. The summed E-state index contributed by atoms with van der Waals surface area (Å²) in [5.41, 5.74) is 1.54. The van der Waals surface area contributed by atoms with Gasteiger partial charge in [0.25, 0.3) is 0 Å². The van der Waals surface area contributed by atoms with Crippen LogP contribution in [0.5, 0.6) is 5.75 Å². The van der Waals surface area contributed by atoms with Crippen LogP contribution < -0.4 is 0 Å². The largest absolute Gasteiger partial charge is 0.506 e. The molecule has 1 aliphatic heterocycles. The number of benzene rings is 1. The average Bonchev–Trinajstić information content (AvgIpc) is 2.83. The first-order valence-corrected chi connectivity index (χ1v) is 8.14. The number of nitrogens with zero attached hydrogens (tertiary/aromatic N) is 1. The maximum Gasteiger partial charge on any atom is 0.307 e. The molecule has 0 radical (unpaired) electrons. The second-order valence-corrected chi connectivity index (χ2v) is 6.37. The van der Waals surface area contributed by atoms with Crippen molar-refractivity contribution in [2.24, 2.45) is 5.92 Å². The van der Waals surface area contributed by atoms with Crippen molar-refractivity contribution in [3.05, 3.63) is 28.4 Å². The number of fused-ring (bicyclic) bond motifs is 1. The Balaban J connectivity index is 2.20. The van der Waals surface area contributed by atoms with Crippen LogP contribution in [0.1, 0.15) is 28.9 Å². The number of hydrogen-bond donors (Lipinski definition) is 2. The highest BCUT2D eigenvalue weighted by Gasteiger charge is 2.28. The third kappa shape index (κ3) is 2.76. The second kappa shape index (κ2) is 6.45. The summed E-state index contributed by atoms with van der Waals surface area (Å²) in [6, 6.07) is 3.02. The molecule has 128 valence electrons. The van der Waals surface area contributed by atoms with Gasteiger partial charge in [-0.2, -0.15) is 0 Å². The van der Waals surface area contributed by atoms with Gasteiger partial charge in [-0.15, -0.1) is 0 Å². The Labute approximate surface area is 143 Å². The number of halogens is 1. The molecular formula is C17H18ClNO5. The van der Waals surface area contributed by atoms with Gasteiger partial charge in [0.05, 0.1) is 17.0 Å². The van der Waals surface area contributed by atoms with Crippen molar-refractivity contribution in [2.75, 3.05) is 13.2 Å². The lowest BCUT2D eigenvalue weighted by molar-refractivity contribution is -0.136. The number of carboxylic acids is 1. The van der Waals surface area contributed by atoms with Crippen molar-refractivity contribution in [3.8, 4) is 5.75 Å². The van der Waals surface area contributed by atoms with Crippen molar-refractivity contribution in [3.63, 3.8) is 0 Å². The van der Waals surface area contributed by atoms with Gasteiger partial charge in [0.1, 0.15) is 5.75 Å². The normalized spacial score (nSPS) is 15.8. The van der Waals surface area contributed by atoms with Gasteiger partial charge in [-0.05, 0) is 37.5 Å². The fourth-order valence-corrected chi connectivity index (χ4v) is 3.58. The minimum atomic E-state index is -1.02. The Morgan fingerprint density at radius 1 is 1.33 bits per heavy atom. The van der Waals surface area contributed by atoms with Gasteiger partial charge >= 0.3 is 5.97 Å². The van der Waals surface area contributed by atoms with Crippen LogP contribution in [0.15, 0.2) is 12.1 Å². The number of hydrogen-bond acceptors (Lipinski definition) is 4. The van der Waals surface area contributed by atoms with E-state index in [1.807, 2.05) is 0 Å². The van der Waals surface area contributed by atoms with Gasteiger partial charge in [-0.3, -0.25) is 14.2 Å². The zero-order valence-corrected chi connectivity index (χ0v) is 14.0. The molecule has 24 heavy (non-hydrogen) atoms. The van der Waals surface area contributed by atoms with Crippen LogP contribution in [0, 0.1) is 12.8 Å². The fraction of sp³-hybridized carbons (Fsp3) is 0.412. The van der Waals surface area contributed by atoms with E-state index < -0.39 is 5.97 Å². The summed E-state index contributed by atoms with van der Waals surface area (Å²) < 4.78 is 6.84. The molecule has 3 rings (SSSR count). The Kier molecular flexibility index (Phi) is 4.51. The molecule has 0 unspecified atom stereocenters. The van der Waals surface area contributed by atoms with Gasteiger partial charge < -0.3 is 14.9 Å². The highest BCUT2D eigenvalue weighted by molar-refractivity contribution is 6.37. The predicted molar refractivity (Wildman–Crippen MR) is 88.9 cm³/mol. The molecule has 1 saturated heterocycles. The minimum absolute atomic E-state index is 0.0744. The van der Waals surface area contributed by atoms with Gasteiger partial charge in [-0.25, -0.2) is 0 Å². The molecule has 2 N–H and O–H groups in total. The third-order valence-electron chi connectivity index (χ3n) is 4.53. The molecular weight excluding hydrogens is 334 g/mol. The van der Waals surface area contributed by atoms with Crippen molar-refractivity contribution >= 4 is 34.4 Å². The average molecular weight is 352 g/mol. The van der Waals surface area contributed by atoms with Crippen LogP contribution in [-0.2, 0) is 16.0 Å². The first-order chi connectivity index (χ1) is 11.4. The molecule has 6 nitrogen and oxygen atoms in total. The van der Waals surface area contributed by atoms with E-state index in [2.05, 4.69) is 0 Å². The molecule has 1 aromatic carbocycles. The zero-order valence-electron chi connectivity index (χ0n) is 13.2. The number of aromatic hydroxyl groups is 1. The van der Waals surface area contributed by atoms with Gasteiger partial charge in [0, 0.05) is 30.2 Å². The Bertz CT molecular complexity index is 820. The van der Waals surface area contributed by atoms with E-state index in [0.29, 0.717) is 48.2 Å². The molecule has 0 aliphatic carbocycles. The van der Waals surface area contributed by atoms with Gasteiger partial charge in [0.15, 0.2) is 0 Å². The lowest BCUT2D eigenvalue weighted by Crippen LogP contribution is -2.28. The molecule has 0 atom stereocenters. The van der Waals surface area contributed by atoms with Crippen LogP contribution in [0.4, 0.5) is 0 Å². The van der Waals surface area contributed by atoms with E-state index in [0.717, 1.165) is 0 Å². The first kappa shape index (κ1) is 16.8. The number of ether oxygens (including phenoxy) is 1. The quantitative estimate of drug-likeness (QED) is 0.887. The smallest absolute Gasteiger partial charge is 0.307 e. The molecule has 1 aliphatic rings. The number of aromatic nitrogens is 1. The zero-order chi connectivity index (χ0) is 17.4. The molecule has 2 aromatic rings. The number of aliphatic carboxylic acids is 1. The number of carbonyl (C=O) groups excluding carboxylic acids is 1. The summed E-state index contributed by atoms with van der Waals surface area (Å²) in [6.45, 7) is 2.79. The lowest BCUT2D eigenvalue weighted by Gasteiger charge is -2.22. The van der Waals surface area contributed by atoms with Crippen molar-refractivity contribution in [1.29, 1.82) is 0 Å². The van der Waals surface area contributed by atoms with Crippen molar-refractivity contribution in [2.45, 2.75) is 26.2 Å². The van der Waals surface area contributed by atoms with Crippen LogP contribution in [0.2, 0.25) is 5.02 Å².